The fraction of sp³-hybridized carbons (Fsp3) is 0.133. The second-order valence-corrected chi connectivity index (χ2v) is 4.11. The highest BCUT2D eigenvalue weighted by Crippen LogP contribution is 2.26. The molecule has 0 heterocycles. The van der Waals surface area contributed by atoms with Crippen LogP contribution in [0.3, 0.4) is 0 Å². The summed E-state index contributed by atoms with van der Waals surface area (Å²) < 4.78 is 18.6. The minimum absolute atomic E-state index is 0.0238. The summed E-state index contributed by atoms with van der Waals surface area (Å²) in [6.45, 7) is 0. The topological polar surface area (TPSA) is 52.3 Å². The van der Waals surface area contributed by atoms with Gasteiger partial charge in [-0.25, -0.2) is 4.39 Å². The molecule has 0 radical (unpaired) electrons. The van der Waals surface area contributed by atoms with Crippen LogP contribution in [0.25, 0.3) is 0 Å². The predicted octanol–water partition coefficient (Wildman–Crippen LogP) is 2.84. The molecule has 0 aliphatic rings. The highest BCUT2D eigenvalue weighted by molar-refractivity contribution is 6.03. The van der Waals surface area contributed by atoms with E-state index in [1.54, 1.807) is 36.4 Å². The molecule has 2 N–H and O–H groups in total. The van der Waals surface area contributed by atoms with Gasteiger partial charge in [-0.05, 0) is 23.8 Å². The summed E-state index contributed by atoms with van der Waals surface area (Å²) in [5.41, 5.74) is 6.84. The molecule has 0 bridgehead atoms. The molecule has 0 fully saturated rings. The number of carbonyl (C=O) groups is 1. The van der Waals surface area contributed by atoms with Gasteiger partial charge in [0.25, 0.3) is 0 Å². The molecule has 2 rings (SSSR count). The van der Waals surface area contributed by atoms with Crippen LogP contribution in [-0.2, 0) is 6.42 Å². The molecule has 0 aromatic heterocycles. The molecule has 0 saturated carbocycles. The maximum absolute atomic E-state index is 13.5. The molecule has 0 amide bonds. The Bertz CT molecular complexity index is 611. The van der Waals surface area contributed by atoms with Crippen LogP contribution in [0.5, 0.6) is 5.75 Å². The van der Waals surface area contributed by atoms with Crippen molar-refractivity contribution in [2.75, 3.05) is 12.8 Å². The van der Waals surface area contributed by atoms with Crippen molar-refractivity contribution in [2.24, 2.45) is 0 Å². The van der Waals surface area contributed by atoms with Gasteiger partial charge >= 0.3 is 0 Å². The van der Waals surface area contributed by atoms with E-state index in [2.05, 4.69) is 0 Å². The average molecular weight is 259 g/mol. The van der Waals surface area contributed by atoms with Gasteiger partial charge in [0, 0.05) is 12.0 Å². The number of ketones is 1. The largest absolute Gasteiger partial charge is 0.495 e. The van der Waals surface area contributed by atoms with Gasteiger partial charge in [-0.15, -0.1) is 0 Å². The number of methoxy groups -OCH3 is 1. The lowest BCUT2D eigenvalue weighted by atomic mass is 10.0. The van der Waals surface area contributed by atoms with Gasteiger partial charge < -0.3 is 10.5 Å². The number of halogens is 1. The van der Waals surface area contributed by atoms with Gasteiger partial charge in [0.15, 0.2) is 5.78 Å². The van der Waals surface area contributed by atoms with Crippen molar-refractivity contribution in [1.82, 2.24) is 0 Å². The third kappa shape index (κ3) is 2.73. The summed E-state index contributed by atoms with van der Waals surface area (Å²) in [5, 5.41) is 0. The van der Waals surface area contributed by atoms with Crippen LogP contribution in [0.15, 0.2) is 42.5 Å². The number of nitrogen functional groups attached to an aromatic ring is 1. The first-order valence-electron chi connectivity index (χ1n) is 5.82. The van der Waals surface area contributed by atoms with E-state index in [0.717, 1.165) is 0 Å². The SMILES string of the molecule is COc1cccc(C(=O)Cc2ccccc2F)c1N. The number of nitrogens with two attached hydrogens (primary N) is 1. The fourth-order valence-corrected chi connectivity index (χ4v) is 1.88. The molecule has 0 atom stereocenters. The first-order valence-corrected chi connectivity index (χ1v) is 5.82. The van der Waals surface area contributed by atoms with Crippen LogP contribution in [-0.4, -0.2) is 12.9 Å². The lowest BCUT2D eigenvalue weighted by Gasteiger charge is -2.09. The van der Waals surface area contributed by atoms with Crippen LogP contribution in [0.1, 0.15) is 15.9 Å². The van der Waals surface area contributed by atoms with Crippen LogP contribution < -0.4 is 10.5 Å². The number of benzene rings is 2. The molecule has 2 aromatic carbocycles. The van der Waals surface area contributed by atoms with Gasteiger partial charge in [0.1, 0.15) is 11.6 Å². The lowest BCUT2D eigenvalue weighted by Crippen LogP contribution is -2.09. The van der Waals surface area contributed by atoms with E-state index in [1.807, 2.05) is 0 Å². The average Bonchev–Trinajstić information content (AvgIpc) is 2.41. The number of carbonyl (C=O) groups excluding carboxylic acids is 1. The molecule has 0 aliphatic heterocycles. The normalized spacial score (nSPS) is 10.2. The maximum Gasteiger partial charge on any atom is 0.169 e. The van der Waals surface area contributed by atoms with E-state index in [0.29, 0.717) is 16.9 Å². The summed E-state index contributed by atoms with van der Waals surface area (Å²) in [6, 6.07) is 11.2. The van der Waals surface area contributed by atoms with Crippen molar-refractivity contribution in [1.29, 1.82) is 0 Å². The van der Waals surface area contributed by atoms with Crippen molar-refractivity contribution in [3.63, 3.8) is 0 Å². The zero-order chi connectivity index (χ0) is 13.8. The van der Waals surface area contributed by atoms with Crippen molar-refractivity contribution in [3.8, 4) is 5.75 Å². The molecular formula is C15H14FNO2. The predicted molar refractivity (Wildman–Crippen MR) is 71.8 cm³/mol. The zero-order valence-electron chi connectivity index (χ0n) is 10.5. The summed E-state index contributed by atoms with van der Waals surface area (Å²) in [5.74, 6) is -0.182. The Morgan fingerprint density at radius 3 is 2.63 bits per heavy atom. The number of ether oxygens (including phenoxy) is 1. The van der Waals surface area contributed by atoms with Crippen LogP contribution in [0, 0.1) is 5.82 Å². The van der Waals surface area contributed by atoms with E-state index < -0.39 is 5.82 Å². The first-order chi connectivity index (χ1) is 9.13. The Balaban J connectivity index is 2.28. The minimum Gasteiger partial charge on any atom is -0.495 e. The molecule has 0 spiro atoms. The number of rotatable bonds is 4. The van der Waals surface area contributed by atoms with Crippen molar-refractivity contribution < 1.29 is 13.9 Å². The smallest absolute Gasteiger partial charge is 0.169 e. The highest BCUT2D eigenvalue weighted by atomic mass is 19.1. The maximum atomic E-state index is 13.5. The van der Waals surface area contributed by atoms with Gasteiger partial charge in [-0.1, -0.05) is 24.3 Å². The Morgan fingerprint density at radius 1 is 1.21 bits per heavy atom. The van der Waals surface area contributed by atoms with Crippen LogP contribution in [0.4, 0.5) is 10.1 Å². The number of hydrogen-bond acceptors (Lipinski definition) is 3. The molecule has 4 heteroatoms. The summed E-state index contributed by atoms with van der Waals surface area (Å²) >= 11 is 0. The third-order valence-electron chi connectivity index (χ3n) is 2.90. The Morgan fingerprint density at radius 2 is 1.95 bits per heavy atom. The molecule has 0 unspecified atom stereocenters. The summed E-state index contributed by atoms with van der Waals surface area (Å²) in [4.78, 5) is 12.2. The second-order valence-electron chi connectivity index (χ2n) is 4.11. The summed E-state index contributed by atoms with van der Waals surface area (Å²) in [7, 11) is 1.48. The Labute approximate surface area is 110 Å². The van der Waals surface area contributed by atoms with Crippen molar-refractivity contribution >= 4 is 11.5 Å². The number of Topliss-reactive ketones (excluding diaryl/α,β-unsaturated/α-hetero) is 1. The minimum atomic E-state index is -0.391. The monoisotopic (exact) mass is 259 g/mol. The van der Waals surface area contributed by atoms with E-state index in [1.165, 1.54) is 13.2 Å². The highest BCUT2D eigenvalue weighted by Gasteiger charge is 2.15. The second kappa shape index (κ2) is 5.52. The van der Waals surface area contributed by atoms with Gasteiger partial charge in [0.05, 0.1) is 12.8 Å². The molecule has 0 saturated heterocycles. The quantitative estimate of drug-likeness (QED) is 0.678. The molecule has 19 heavy (non-hydrogen) atoms. The number of para-hydroxylation sites is 1. The summed E-state index contributed by atoms with van der Waals surface area (Å²) in [6.07, 6.45) is -0.0238. The number of anilines is 1. The standard InChI is InChI=1S/C15H14FNO2/c1-19-14-8-4-6-11(15(14)17)13(18)9-10-5-2-3-7-12(10)16/h2-8H,9,17H2,1H3. The Hall–Kier alpha value is -2.36. The zero-order valence-corrected chi connectivity index (χ0v) is 10.5. The van der Waals surface area contributed by atoms with Gasteiger partial charge in [0.2, 0.25) is 0 Å². The van der Waals surface area contributed by atoms with E-state index in [-0.39, 0.29) is 17.9 Å². The fourth-order valence-electron chi connectivity index (χ4n) is 1.88. The third-order valence-corrected chi connectivity index (χ3v) is 2.90. The van der Waals surface area contributed by atoms with Crippen LogP contribution >= 0.6 is 0 Å². The molecular weight excluding hydrogens is 245 g/mol. The van der Waals surface area contributed by atoms with E-state index >= 15 is 0 Å². The number of hydrogen-bond donors (Lipinski definition) is 1. The molecule has 2 aromatic rings. The van der Waals surface area contributed by atoms with E-state index in [9.17, 15) is 9.18 Å². The first kappa shape index (κ1) is 13.1. The van der Waals surface area contributed by atoms with Gasteiger partial charge in [-0.3, -0.25) is 4.79 Å². The lowest BCUT2D eigenvalue weighted by molar-refractivity contribution is 0.0992. The van der Waals surface area contributed by atoms with Gasteiger partial charge in [-0.2, -0.15) is 0 Å². The van der Waals surface area contributed by atoms with Crippen LogP contribution in [0.2, 0.25) is 0 Å². The Kier molecular flexibility index (Phi) is 3.80. The van der Waals surface area contributed by atoms with Crippen molar-refractivity contribution in [3.05, 3.63) is 59.4 Å². The van der Waals surface area contributed by atoms with E-state index in [4.69, 9.17) is 10.5 Å². The molecule has 3 nitrogen and oxygen atoms in total. The van der Waals surface area contributed by atoms with Crippen molar-refractivity contribution in [2.45, 2.75) is 6.42 Å². The molecule has 0 aliphatic carbocycles. The molecule has 98 valence electrons.